The summed E-state index contributed by atoms with van der Waals surface area (Å²) in [5.74, 6) is 0.832. The molecule has 0 atom stereocenters. The summed E-state index contributed by atoms with van der Waals surface area (Å²) in [7, 11) is 0. The zero-order valence-corrected chi connectivity index (χ0v) is 11.7. The molecule has 0 aromatic rings. The summed E-state index contributed by atoms with van der Waals surface area (Å²) in [5, 5.41) is 3.55. The number of hydrogen-bond donors (Lipinski definition) is 1. The molecule has 0 aromatic heterocycles. The van der Waals surface area contributed by atoms with Crippen LogP contribution in [0, 0.1) is 5.92 Å². The molecule has 0 radical (unpaired) electrons. The number of nitrogens with one attached hydrogen (secondary N) is 1. The van der Waals surface area contributed by atoms with Gasteiger partial charge in [-0.25, -0.2) is 0 Å². The lowest BCUT2D eigenvalue weighted by molar-refractivity contribution is -0.123. The van der Waals surface area contributed by atoms with Crippen molar-refractivity contribution in [2.45, 2.75) is 78.8 Å². The van der Waals surface area contributed by atoms with Crippen LogP contribution in [0.4, 0.5) is 0 Å². The molecule has 1 saturated carbocycles. The number of Topliss-reactive ketones (excluding diaryl/α,β-unsaturated/α-hetero) is 1. The van der Waals surface area contributed by atoms with E-state index in [1.165, 1.54) is 12.8 Å². The fourth-order valence-electron chi connectivity index (χ4n) is 2.34. The van der Waals surface area contributed by atoms with Gasteiger partial charge in [-0.05, 0) is 25.7 Å². The summed E-state index contributed by atoms with van der Waals surface area (Å²) in [6, 6.07) is 1.22. The molecule has 16 heavy (non-hydrogen) atoms. The minimum Gasteiger partial charge on any atom is -0.312 e. The average Bonchev–Trinajstić information content (AvgIpc) is 2.31. The fraction of sp³-hybridized carbons (Fsp3) is 0.929. The van der Waals surface area contributed by atoms with E-state index in [9.17, 15) is 4.79 Å². The van der Waals surface area contributed by atoms with Crippen molar-refractivity contribution in [2.75, 3.05) is 0 Å². The number of carbonyl (C=O) groups excluding carboxylic acids is 1. The Bertz CT molecular complexity index is 181. The van der Waals surface area contributed by atoms with Gasteiger partial charge in [0.25, 0.3) is 0 Å². The Morgan fingerprint density at radius 3 is 2.06 bits per heavy atom. The molecule has 1 aliphatic carbocycles. The molecule has 0 amide bonds. The van der Waals surface area contributed by atoms with E-state index in [0.29, 0.717) is 30.2 Å². The first-order valence-corrected chi connectivity index (χ1v) is 6.92. The lowest BCUT2D eigenvalue weighted by Gasteiger charge is -2.29. The molecule has 0 bridgehead atoms. The maximum absolute atomic E-state index is 11.5. The summed E-state index contributed by atoms with van der Waals surface area (Å²) >= 11 is 0. The molecule has 1 N–H and O–H groups in total. The van der Waals surface area contributed by atoms with Crippen molar-refractivity contribution in [1.29, 1.82) is 0 Å². The predicted molar refractivity (Wildman–Crippen MR) is 70.7 cm³/mol. The van der Waals surface area contributed by atoms with Crippen LogP contribution in [0.5, 0.6) is 0 Å². The van der Waals surface area contributed by atoms with E-state index >= 15 is 0 Å². The molecule has 1 aliphatic rings. The van der Waals surface area contributed by atoms with Crippen molar-refractivity contribution in [3.8, 4) is 0 Å². The van der Waals surface area contributed by atoms with Gasteiger partial charge in [0.1, 0.15) is 5.78 Å². The van der Waals surface area contributed by atoms with Crippen LogP contribution in [0.15, 0.2) is 0 Å². The maximum atomic E-state index is 11.5. The van der Waals surface area contributed by atoms with Crippen molar-refractivity contribution in [2.24, 2.45) is 5.92 Å². The number of rotatable bonds is 4. The molecule has 96 valence electrons. The van der Waals surface area contributed by atoms with E-state index in [4.69, 9.17) is 0 Å². The van der Waals surface area contributed by atoms with Gasteiger partial charge in [0, 0.05) is 24.4 Å². The van der Waals surface area contributed by atoms with Crippen molar-refractivity contribution >= 4 is 5.78 Å². The summed E-state index contributed by atoms with van der Waals surface area (Å²) in [6.45, 7) is 10.3. The highest BCUT2D eigenvalue weighted by molar-refractivity contribution is 5.80. The Morgan fingerprint density at radius 2 is 1.69 bits per heavy atom. The highest BCUT2D eigenvalue weighted by atomic mass is 16.1. The maximum Gasteiger partial charge on any atom is 0.135 e. The van der Waals surface area contributed by atoms with Gasteiger partial charge in [0.15, 0.2) is 0 Å². The Kier molecular flexibility index (Phi) is 8.54. The van der Waals surface area contributed by atoms with Crippen molar-refractivity contribution in [3.05, 3.63) is 0 Å². The van der Waals surface area contributed by atoms with E-state index in [1.54, 1.807) is 0 Å². The van der Waals surface area contributed by atoms with Gasteiger partial charge in [-0.1, -0.05) is 34.6 Å². The molecule has 0 heterocycles. The third-order valence-electron chi connectivity index (χ3n) is 3.10. The zero-order chi connectivity index (χ0) is 12.6. The highest BCUT2D eigenvalue weighted by Gasteiger charge is 2.24. The van der Waals surface area contributed by atoms with Crippen molar-refractivity contribution in [1.82, 2.24) is 5.32 Å². The summed E-state index contributed by atoms with van der Waals surface area (Å²) in [5.41, 5.74) is 0. The van der Waals surface area contributed by atoms with E-state index in [-0.39, 0.29) is 0 Å². The van der Waals surface area contributed by atoms with Gasteiger partial charge in [-0.2, -0.15) is 0 Å². The largest absolute Gasteiger partial charge is 0.312 e. The number of carbonyl (C=O) groups is 1. The normalized spacial score (nSPS) is 24.9. The second kappa shape index (κ2) is 8.74. The molecule has 2 heteroatoms. The van der Waals surface area contributed by atoms with E-state index in [2.05, 4.69) is 19.2 Å². The topological polar surface area (TPSA) is 29.1 Å². The minimum absolute atomic E-state index is 0.366. The third kappa shape index (κ3) is 5.64. The first-order valence-electron chi connectivity index (χ1n) is 6.92. The molecule has 1 rings (SSSR count). The van der Waals surface area contributed by atoms with Crippen LogP contribution in [-0.2, 0) is 4.79 Å². The standard InChI is InChI=1S/C12H23NO.C2H6/c1-4-12(14)10-5-7-11(8-6-10)13-9(2)3;1-2/h9-11,13H,4-8H2,1-3H3;1-2H3. The van der Waals surface area contributed by atoms with E-state index < -0.39 is 0 Å². The van der Waals surface area contributed by atoms with Gasteiger partial charge in [-0.3, -0.25) is 4.79 Å². The van der Waals surface area contributed by atoms with Crippen molar-refractivity contribution < 1.29 is 4.79 Å². The molecular weight excluding hydrogens is 198 g/mol. The van der Waals surface area contributed by atoms with E-state index in [1.807, 2.05) is 20.8 Å². The fourth-order valence-corrected chi connectivity index (χ4v) is 2.34. The van der Waals surface area contributed by atoms with Gasteiger partial charge >= 0.3 is 0 Å². The van der Waals surface area contributed by atoms with Crippen LogP contribution >= 0.6 is 0 Å². The molecular formula is C14H29NO. The van der Waals surface area contributed by atoms with Gasteiger partial charge in [0.2, 0.25) is 0 Å². The van der Waals surface area contributed by atoms with Gasteiger partial charge < -0.3 is 5.32 Å². The average molecular weight is 227 g/mol. The first kappa shape index (κ1) is 15.6. The van der Waals surface area contributed by atoms with Crippen molar-refractivity contribution in [3.63, 3.8) is 0 Å². The first-order chi connectivity index (χ1) is 7.63. The molecule has 0 aliphatic heterocycles. The van der Waals surface area contributed by atoms with Crippen LogP contribution in [0.3, 0.4) is 0 Å². The third-order valence-corrected chi connectivity index (χ3v) is 3.10. The summed E-state index contributed by atoms with van der Waals surface area (Å²) < 4.78 is 0. The van der Waals surface area contributed by atoms with Crippen LogP contribution < -0.4 is 5.32 Å². The van der Waals surface area contributed by atoms with Crippen LogP contribution in [0.2, 0.25) is 0 Å². The summed E-state index contributed by atoms with van der Waals surface area (Å²) in [4.78, 5) is 11.5. The molecule has 1 fully saturated rings. The quantitative estimate of drug-likeness (QED) is 0.796. The second-order valence-electron chi connectivity index (χ2n) is 4.69. The van der Waals surface area contributed by atoms with Crippen LogP contribution in [0.1, 0.15) is 66.7 Å². The molecule has 0 aromatic carbocycles. The molecule has 2 nitrogen and oxygen atoms in total. The second-order valence-corrected chi connectivity index (χ2v) is 4.69. The zero-order valence-electron chi connectivity index (χ0n) is 11.7. The Morgan fingerprint density at radius 1 is 1.19 bits per heavy atom. The Balaban J connectivity index is 0.00000106. The number of hydrogen-bond acceptors (Lipinski definition) is 2. The highest BCUT2D eigenvalue weighted by Crippen LogP contribution is 2.25. The molecule has 0 spiro atoms. The van der Waals surface area contributed by atoms with Crippen LogP contribution in [-0.4, -0.2) is 17.9 Å². The summed E-state index contributed by atoms with van der Waals surface area (Å²) in [6.07, 6.45) is 5.25. The predicted octanol–water partition coefficient (Wildman–Crippen LogP) is 3.55. The minimum atomic E-state index is 0.366. The Hall–Kier alpha value is -0.370. The smallest absolute Gasteiger partial charge is 0.135 e. The lowest BCUT2D eigenvalue weighted by Crippen LogP contribution is -2.38. The Labute approximate surface area is 101 Å². The molecule has 0 unspecified atom stereocenters. The van der Waals surface area contributed by atoms with Gasteiger partial charge in [0.05, 0.1) is 0 Å². The monoisotopic (exact) mass is 227 g/mol. The molecule has 0 saturated heterocycles. The lowest BCUT2D eigenvalue weighted by atomic mass is 9.82. The number of ketones is 1. The SMILES string of the molecule is CC.CCC(=O)C1CCC(NC(C)C)CC1. The van der Waals surface area contributed by atoms with Gasteiger partial charge in [-0.15, -0.1) is 0 Å². The van der Waals surface area contributed by atoms with E-state index in [0.717, 1.165) is 12.8 Å². The van der Waals surface area contributed by atoms with Crippen LogP contribution in [0.25, 0.3) is 0 Å².